The number of ether oxygens (including phenoxy) is 1. The summed E-state index contributed by atoms with van der Waals surface area (Å²) in [4.78, 5) is 16.2. The Hall–Kier alpha value is -3.03. The summed E-state index contributed by atoms with van der Waals surface area (Å²) in [6.45, 7) is 6.27. The molecule has 0 saturated carbocycles. The van der Waals surface area contributed by atoms with E-state index < -0.39 is 0 Å². The lowest BCUT2D eigenvalue weighted by Crippen LogP contribution is -2.24. The van der Waals surface area contributed by atoms with Gasteiger partial charge in [0, 0.05) is 17.8 Å². The lowest BCUT2D eigenvalue weighted by Gasteiger charge is -2.24. The van der Waals surface area contributed by atoms with Crippen LogP contribution in [0.3, 0.4) is 0 Å². The fourth-order valence-corrected chi connectivity index (χ4v) is 4.08. The van der Waals surface area contributed by atoms with Crippen LogP contribution in [0.5, 0.6) is 5.75 Å². The van der Waals surface area contributed by atoms with Gasteiger partial charge in [-0.25, -0.2) is 9.97 Å². The smallest absolute Gasteiger partial charge is 0.150 e. The van der Waals surface area contributed by atoms with Crippen molar-refractivity contribution in [1.82, 2.24) is 19.9 Å². The third-order valence-electron chi connectivity index (χ3n) is 5.48. The number of rotatable bonds is 8. The van der Waals surface area contributed by atoms with Gasteiger partial charge in [0.05, 0.1) is 37.3 Å². The van der Waals surface area contributed by atoms with Gasteiger partial charge in [-0.1, -0.05) is 12.1 Å². The Labute approximate surface area is 183 Å². The second-order valence-electron chi connectivity index (χ2n) is 7.78. The Morgan fingerprint density at radius 2 is 2.06 bits per heavy atom. The van der Waals surface area contributed by atoms with Gasteiger partial charge in [-0.15, -0.1) is 0 Å². The molecule has 162 valence electrons. The maximum atomic E-state index is 9.71. The molecule has 7 nitrogen and oxygen atoms in total. The van der Waals surface area contributed by atoms with Gasteiger partial charge in [0.25, 0.3) is 0 Å². The first-order valence-electron chi connectivity index (χ1n) is 10.8. The van der Waals surface area contributed by atoms with Crippen molar-refractivity contribution in [3.05, 3.63) is 71.3 Å². The molecule has 1 aromatic carbocycles. The summed E-state index contributed by atoms with van der Waals surface area (Å²) in [5.41, 5.74) is 3.90. The summed E-state index contributed by atoms with van der Waals surface area (Å²) >= 11 is 0. The third-order valence-corrected chi connectivity index (χ3v) is 5.48. The lowest BCUT2D eigenvalue weighted by molar-refractivity contribution is 0.242. The molecule has 2 N–H and O–H groups in total. The quantitative estimate of drug-likeness (QED) is 0.567. The van der Waals surface area contributed by atoms with Crippen molar-refractivity contribution in [2.45, 2.75) is 45.9 Å². The fourth-order valence-electron chi connectivity index (χ4n) is 4.08. The van der Waals surface area contributed by atoms with E-state index in [0.717, 1.165) is 60.0 Å². The van der Waals surface area contributed by atoms with Gasteiger partial charge < -0.3 is 15.2 Å². The lowest BCUT2D eigenvalue weighted by atomic mass is 10.1. The van der Waals surface area contributed by atoms with Crippen molar-refractivity contribution in [3.8, 4) is 5.75 Å². The minimum Gasteiger partial charge on any atom is -0.494 e. The molecule has 0 bridgehead atoms. The van der Waals surface area contributed by atoms with Crippen LogP contribution in [0.15, 0.2) is 48.8 Å². The van der Waals surface area contributed by atoms with Crippen molar-refractivity contribution in [2.24, 2.45) is 0 Å². The molecule has 0 unspecified atom stereocenters. The molecule has 0 spiro atoms. The zero-order valence-electron chi connectivity index (χ0n) is 18.1. The van der Waals surface area contributed by atoms with Gasteiger partial charge in [0.15, 0.2) is 0 Å². The summed E-state index contributed by atoms with van der Waals surface area (Å²) in [7, 11) is 0. The highest BCUT2D eigenvalue weighted by Crippen LogP contribution is 2.33. The second-order valence-corrected chi connectivity index (χ2v) is 7.78. The van der Waals surface area contributed by atoms with Gasteiger partial charge in [-0.2, -0.15) is 0 Å². The molecule has 3 heterocycles. The number of nitrogens with zero attached hydrogens (tertiary/aromatic N) is 4. The minimum atomic E-state index is -0.0290. The van der Waals surface area contributed by atoms with Crippen LogP contribution in [0.2, 0.25) is 0 Å². The number of likely N-dealkylation sites (tertiary alicyclic amines) is 1. The van der Waals surface area contributed by atoms with Crippen LogP contribution in [-0.4, -0.2) is 38.1 Å². The number of benzene rings is 1. The zero-order valence-corrected chi connectivity index (χ0v) is 18.1. The van der Waals surface area contributed by atoms with Gasteiger partial charge in [-0.3, -0.25) is 9.88 Å². The van der Waals surface area contributed by atoms with E-state index in [4.69, 9.17) is 9.72 Å². The molecule has 7 heteroatoms. The Bertz CT molecular complexity index is 1030. The number of aliphatic hydroxyl groups is 1. The van der Waals surface area contributed by atoms with Crippen molar-refractivity contribution >= 4 is 11.6 Å². The van der Waals surface area contributed by atoms with E-state index in [1.165, 1.54) is 0 Å². The first kappa shape index (κ1) is 21.2. The summed E-state index contributed by atoms with van der Waals surface area (Å²) in [6, 6.07) is 12.1. The highest BCUT2D eigenvalue weighted by atomic mass is 16.5. The van der Waals surface area contributed by atoms with E-state index in [-0.39, 0.29) is 12.6 Å². The van der Waals surface area contributed by atoms with Crippen molar-refractivity contribution in [2.75, 3.05) is 18.5 Å². The average molecular weight is 420 g/mol. The molecule has 1 saturated heterocycles. The number of anilines is 2. The van der Waals surface area contributed by atoms with Crippen molar-refractivity contribution in [1.29, 1.82) is 0 Å². The number of hydrogen-bond donors (Lipinski definition) is 2. The standard InChI is InChI=1S/C24H29N5O2/c1-3-31-22-10-9-18(12-19(22)16-30)15-29-11-5-7-21(29)20-13-25-14-24(27-20)28-23-8-4-6-17(2)26-23/h4,6,8-10,12-14,21,30H,3,5,7,11,15-16H2,1-2H3,(H,26,27,28)/t21-/m1/s1. The van der Waals surface area contributed by atoms with E-state index in [9.17, 15) is 5.11 Å². The molecule has 4 rings (SSSR count). The second kappa shape index (κ2) is 9.85. The van der Waals surface area contributed by atoms with E-state index in [1.54, 1.807) is 6.20 Å². The summed E-state index contributed by atoms with van der Waals surface area (Å²) in [5.74, 6) is 2.22. The number of aromatic nitrogens is 3. The van der Waals surface area contributed by atoms with Gasteiger partial charge in [0.2, 0.25) is 0 Å². The van der Waals surface area contributed by atoms with Crippen LogP contribution in [0.4, 0.5) is 11.6 Å². The number of nitrogens with one attached hydrogen (secondary N) is 1. The predicted molar refractivity (Wildman–Crippen MR) is 120 cm³/mol. The van der Waals surface area contributed by atoms with Crippen molar-refractivity contribution in [3.63, 3.8) is 0 Å². The van der Waals surface area contributed by atoms with Crippen LogP contribution in [0.25, 0.3) is 0 Å². The zero-order chi connectivity index (χ0) is 21.6. The molecule has 31 heavy (non-hydrogen) atoms. The van der Waals surface area contributed by atoms with Crippen LogP contribution in [-0.2, 0) is 13.2 Å². The van der Waals surface area contributed by atoms with Crippen LogP contribution in [0, 0.1) is 6.92 Å². The highest BCUT2D eigenvalue weighted by molar-refractivity contribution is 5.50. The molecular formula is C24H29N5O2. The van der Waals surface area contributed by atoms with Crippen LogP contribution in [0.1, 0.15) is 48.3 Å². The van der Waals surface area contributed by atoms with Gasteiger partial charge in [-0.05, 0) is 63.1 Å². The van der Waals surface area contributed by atoms with Crippen LogP contribution < -0.4 is 10.1 Å². The monoisotopic (exact) mass is 419 g/mol. The molecule has 2 aromatic heterocycles. The molecule has 0 radical (unpaired) electrons. The summed E-state index contributed by atoms with van der Waals surface area (Å²) < 4.78 is 5.61. The summed E-state index contributed by atoms with van der Waals surface area (Å²) in [5, 5.41) is 13.0. The minimum absolute atomic E-state index is 0.0290. The number of aryl methyl sites for hydroxylation is 1. The molecule has 1 aliphatic rings. The van der Waals surface area contributed by atoms with Crippen molar-refractivity contribution < 1.29 is 9.84 Å². The number of pyridine rings is 1. The maximum Gasteiger partial charge on any atom is 0.150 e. The maximum absolute atomic E-state index is 9.71. The first-order valence-corrected chi connectivity index (χ1v) is 10.8. The Morgan fingerprint density at radius 3 is 2.87 bits per heavy atom. The van der Waals surface area contributed by atoms with E-state index in [1.807, 2.05) is 50.4 Å². The normalized spacial score (nSPS) is 16.4. The SMILES string of the molecule is CCOc1ccc(CN2CCC[C@@H]2c2cncc(Nc3cccc(C)n3)n2)cc1CO. The van der Waals surface area contributed by atoms with E-state index in [2.05, 4.69) is 26.3 Å². The van der Waals surface area contributed by atoms with Crippen LogP contribution >= 0.6 is 0 Å². The molecule has 0 amide bonds. The molecule has 1 fully saturated rings. The Morgan fingerprint density at radius 1 is 1.16 bits per heavy atom. The predicted octanol–water partition coefficient (Wildman–Crippen LogP) is 4.15. The molecular weight excluding hydrogens is 390 g/mol. The molecule has 1 atom stereocenters. The number of aliphatic hydroxyl groups excluding tert-OH is 1. The van der Waals surface area contributed by atoms with Gasteiger partial charge >= 0.3 is 0 Å². The average Bonchev–Trinajstić information content (AvgIpc) is 3.23. The largest absolute Gasteiger partial charge is 0.494 e. The fraction of sp³-hybridized carbons (Fsp3) is 0.375. The van der Waals surface area contributed by atoms with Gasteiger partial charge in [0.1, 0.15) is 17.4 Å². The Kier molecular flexibility index (Phi) is 6.74. The Balaban J connectivity index is 1.50. The molecule has 0 aliphatic carbocycles. The van der Waals surface area contributed by atoms with E-state index >= 15 is 0 Å². The first-order chi connectivity index (χ1) is 15.2. The number of hydrogen-bond acceptors (Lipinski definition) is 7. The highest BCUT2D eigenvalue weighted by Gasteiger charge is 2.27. The topological polar surface area (TPSA) is 83.4 Å². The molecule has 3 aromatic rings. The third kappa shape index (κ3) is 5.18. The molecule has 1 aliphatic heterocycles. The summed E-state index contributed by atoms with van der Waals surface area (Å²) in [6.07, 6.45) is 5.75. The van der Waals surface area contributed by atoms with E-state index in [0.29, 0.717) is 12.4 Å².